The van der Waals surface area contributed by atoms with Gasteiger partial charge >= 0.3 is 0 Å². The molecule has 0 saturated carbocycles. The number of aromatic nitrogens is 1. The van der Waals surface area contributed by atoms with E-state index in [1.54, 1.807) is 24.7 Å². The fourth-order valence-electron chi connectivity index (χ4n) is 2.20. The molecule has 2 heterocycles. The fourth-order valence-corrected chi connectivity index (χ4v) is 2.20. The van der Waals surface area contributed by atoms with Crippen molar-refractivity contribution in [3.05, 3.63) is 64.2 Å². The number of furan rings is 1. The zero-order chi connectivity index (χ0) is 14.8. The molecule has 0 bridgehead atoms. The third-order valence-corrected chi connectivity index (χ3v) is 3.19. The van der Waals surface area contributed by atoms with Gasteiger partial charge in [-0.3, -0.25) is 15.1 Å². The van der Waals surface area contributed by atoms with E-state index in [-0.39, 0.29) is 5.69 Å². The maximum Gasteiger partial charge on any atom is 0.270 e. The summed E-state index contributed by atoms with van der Waals surface area (Å²) >= 11 is 0. The minimum atomic E-state index is -0.404. The normalized spacial score (nSPS) is 10.7. The summed E-state index contributed by atoms with van der Waals surface area (Å²) in [6, 6.07) is 8.43. The van der Waals surface area contributed by atoms with E-state index in [1.807, 2.05) is 19.1 Å². The van der Waals surface area contributed by atoms with E-state index in [2.05, 4.69) is 10.3 Å². The molecule has 0 amide bonds. The largest absolute Gasteiger partial charge is 0.472 e. The van der Waals surface area contributed by atoms with Gasteiger partial charge in [-0.05, 0) is 25.1 Å². The smallest absolute Gasteiger partial charge is 0.270 e. The van der Waals surface area contributed by atoms with Crippen LogP contribution < -0.4 is 5.32 Å². The number of anilines is 1. The quantitative estimate of drug-likeness (QED) is 0.583. The molecule has 1 aromatic carbocycles. The Morgan fingerprint density at radius 2 is 2.19 bits per heavy atom. The van der Waals surface area contributed by atoms with Crippen molar-refractivity contribution >= 4 is 22.3 Å². The summed E-state index contributed by atoms with van der Waals surface area (Å²) in [6.45, 7) is 2.47. The lowest BCUT2D eigenvalue weighted by molar-refractivity contribution is -0.384. The molecular formula is C15H13N3O3. The number of nitro benzene ring substituents is 1. The molecule has 21 heavy (non-hydrogen) atoms. The Morgan fingerprint density at radius 1 is 1.33 bits per heavy atom. The lowest BCUT2D eigenvalue weighted by Gasteiger charge is -2.10. The Labute approximate surface area is 120 Å². The van der Waals surface area contributed by atoms with Gasteiger partial charge in [0.25, 0.3) is 5.69 Å². The fraction of sp³-hybridized carbons (Fsp3) is 0.133. The molecule has 0 unspecified atom stereocenters. The van der Waals surface area contributed by atoms with Gasteiger partial charge < -0.3 is 9.73 Å². The molecule has 3 aromatic rings. The first-order valence-electron chi connectivity index (χ1n) is 6.44. The van der Waals surface area contributed by atoms with Gasteiger partial charge in [0.05, 0.1) is 23.0 Å². The van der Waals surface area contributed by atoms with Gasteiger partial charge in [0.15, 0.2) is 0 Å². The van der Waals surface area contributed by atoms with Crippen LogP contribution in [0.2, 0.25) is 0 Å². The highest BCUT2D eigenvalue weighted by Gasteiger charge is 2.10. The molecule has 106 valence electrons. The van der Waals surface area contributed by atoms with E-state index in [4.69, 9.17) is 4.42 Å². The number of nitrogens with one attached hydrogen (secondary N) is 1. The van der Waals surface area contributed by atoms with Crippen LogP contribution in [0, 0.1) is 17.0 Å². The van der Waals surface area contributed by atoms with Gasteiger partial charge in [-0.1, -0.05) is 0 Å². The number of non-ortho nitro benzene ring substituents is 1. The number of benzene rings is 1. The first kappa shape index (κ1) is 13.1. The zero-order valence-electron chi connectivity index (χ0n) is 11.4. The van der Waals surface area contributed by atoms with E-state index < -0.39 is 4.92 Å². The van der Waals surface area contributed by atoms with Gasteiger partial charge in [-0.25, -0.2) is 0 Å². The van der Waals surface area contributed by atoms with Crippen LogP contribution in [0.3, 0.4) is 0 Å². The maximum absolute atomic E-state index is 10.9. The van der Waals surface area contributed by atoms with E-state index in [0.717, 1.165) is 27.8 Å². The van der Waals surface area contributed by atoms with Gasteiger partial charge in [0.1, 0.15) is 0 Å². The topological polar surface area (TPSA) is 81.2 Å². The van der Waals surface area contributed by atoms with Crippen molar-refractivity contribution in [2.45, 2.75) is 13.5 Å². The molecule has 1 N–H and O–H groups in total. The summed E-state index contributed by atoms with van der Waals surface area (Å²) in [5, 5.41) is 14.9. The molecule has 0 aliphatic rings. The second-order valence-electron chi connectivity index (χ2n) is 4.75. The van der Waals surface area contributed by atoms with Crippen LogP contribution in [0.1, 0.15) is 11.3 Å². The van der Waals surface area contributed by atoms with Crippen molar-refractivity contribution in [1.82, 2.24) is 4.98 Å². The number of rotatable bonds is 4. The van der Waals surface area contributed by atoms with E-state index >= 15 is 0 Å². The molecule has 0 radical (unpaired) electrons. The molecule has 0 fully saturated rings. The van der Waals surface area contributed by atoms with Gasteiger partial charge in [0.2, 0.25) is 0 Å². The highest BCUT2D eigenvalue weighted by atomic mass is 16.6. The highest BCUT2D eigenvalue weighted by Crippen LogP contribution is 2.27. The monoisotopic (exact) mass is 283 g/mol. The highest BCUT2D eigenvalue weighted by molar-refractivity contribution is 5.93. The first-order chi connectivity index (χ1) is 10.1. The maximum atomic E-state index is 10.9. The minimum Gasteiger partial charge on any atom is -0.472 e. The third-order valence-electron chi connectivity index (χ3n) is 3.19. The van der Waals surface area contributed by atoms with Crippen LogP contribution in [0.25, 0.3) is 10.9 Å². The van der Waals surface area contributed by atoms with Crippen LogP contribution >= 0.6 is 0 Å². The molecule has 0 aliphatic carbocycles. The second-order valence-corrected chi connectivity index (χ2v) is 4.75. The van der Waals surface area contributed by atoms with Gasteiger partial charge in [0, 0.05) is 41.0 Å². The van der Waals surface area contributed by atoms with Crippen LogP contribution in [0.15, 0.2) is 47.3 Å². The summed E-state index contributed by atoms with van der Waals surface area (Å²) in [7, 11) is 0. The number of aryl methyl sites for hydroxylation is 1. The summed E-state index contributed by atoms with van der Waals surface area (Å²) in [6.07, 6.45) is 3.27. The Morgan fingerprint density at radius 3 is 2.90 bits per heavy atom. The molecule has 0 aliphatic heterocycles. The molecule has 6 nitrogen and oxygen atoms in total. The number of hydrogen-bond donors (Lipinski definition) is 1. The number of hydrogen-bond acceptors (Lipinski definition) is 5. The standard InChI is InChI=1S/C15H13N3O3/c1-10-6-15(16-8-11-4-5-21-9-11)13-7-12(18(19)20)2-3-14(13)17-10/h2-7,9H,8H2,1H3,(H,16,17). The lowest BCUT2D eigenvalue weighted by Crippen LogP contribution is -2.01. The van der Waals surface area contributed by atoms with Gasteiger partial charge in [-0.2, -0.15) is 0 Å². The Hall–Kier alpha value is -2.89. The molecule has 6 heteroatoms. The second kappa shape index (κ2) is 5.24. The van der Waals surface area contributed by atoms with Crippen molar-refractivity contribution in [3.8, 4) is 0 Å². The number of nitro groups is 1. The molecule has 0 spiro atoms. The molecule has 3 rings (SSSR count). The predicted octanol–water partition coefficient (Wildman–Crippen LogP) is 3.66. The summed E-state index contributed by atoms with van der Waals surface area (Å²) < 4.78 is 5.02. The average Bonchev–Trinajstić information content (AvgIpc) is 2.97. The lowest BCUT2D eigenvalue weighted by atomic mass is 10.1. The van der Waals surface area contributed by atoms with Gasteiger partial charge in [-0.15, -0.1) is 0 Å². The van der Waals surface area contributed by atoms with Crippen molar-refractivity contribution in [3.63, 3.8) is 0 Å². The minimum absolute atomic E-state index is 0.0551. The van der Waals surface area contributed by atoms with Crippen molar-refractivity contribution in [1.29, 1.82) is 0 Å². The first-order valence-corrected chi connectivity index (χ1v) is 6.44. The summed E-state index contributed by atoms with van der Waals surface area (Å²) in [5.41, 5.74) is 3.46. The van der Waals surface area contributed by atoms with Crippen molar-refractivity contribution in [2.75, 3.05) is 5.32 Å². The summed E-state index contributed by atoms with van der Waals surface area (Å²) in [4.78, 5) is 14.9. The third kappa shape index (κ3) is 2.69. The zero-order valence-corrected chi connectivity index (χ0v) is 11.4. The Bertz CT molecular complexity index is 797. The molecule has 0 saturated heterocycles. The number of fused-ring (bicyclic) bond motifs is 1. The molecule has 0 atom stereocenters. The summed E-state index contributed by atoms with van der Waals surface area (Å²) in [5.74, 6) is 0. The number of pyridine rings is 1. The predicted molar refractivity (Wildman–Crippen MR) is 79.2 cm³/mol. The molecule has 2 aromatic heterocycles. The van der Waals surface area contributed by atoms with Crippen LogP contribution in [-0.4, -0.2) is 9.91 Å². The Kier molecular flexibility index (Phi) is 3.27. The Balaban J connectivity index is 2.02. The van der Waals surface area contributed by atoms with E-state index in [1.165, 1.54) is 6.07 Å². The van der Waals surface area contributed by atoms with Crippen molar-refractivity contribution < 1.29 is 9.34 Å². The van der Waals surface area contributed by atoms with Crippen LogP contribution in [-0.2, 0) is 6.54 Å². The SMILES string of the molecule is Cc1cc(NCc2ccoc2)c2cc([N+](=O)[O-])ccc2n1. The van der Waals surface area contributed by atoms with E-state index in [9.17, 15) is 10.1 Å². The number of nitrogens with zero attached hydrogens (tertiary/aromatic N) is 2. The van der Waals surface area contributed by atoms with E-state index in [0.29, 0.717) is 6.54 Å². The van der Waals surface area contributed by atoms with Crippen molar-refractivity contribution in [2.24, 2.45) is 0 Å². The van der Waals surface area contributed by atoms with Crippen LogP contribution in [0.5, 0.6) is 0 Å². The molecular weight excluding hydrogens is 270 g/mol. The van der Waals surface area contributed by atoms with Crippen LogP contribution in [0.4, 0.5) is 11.4 Å². The average molecular weight is 283 g/mol.